The number of ether oxygens (including phenoxy) is 1. The molecule has 1 amide bonds. The number of nitrogens with one attached hydrogen (secondary N) is 1. The van der Waals surface area contributed by atoms with E-state index in [2.05, 4.69) is 26.1 Å². The number of hydrogen-bond acceptors (Lipinski definition) is 3. The Labute approximate surface area is 130 Å². The molecule has 2 atom stereocenters. The molecule has 2 rings (SSSR count). The second-order valence-corrected chi connectivity index (χ2v) is 6.66. The van der Waals surface area contributed by atoms with Crippen LogP contribution in [0, 0.1) is 5.41 Å². The highest BCUT2D eigenvalue weighted by Gasteiger charge is 2.58. The summed E-state index contributed by atoms with van der Waals surface area (Å²) in [5.74, 6) is -1.02. The number of carbonyl (C=O) groups excluding carboxylic acids is 1. The van der Waals surface area contributed by atoms with Gasteiger partial charge in [-0.25, -0.2) is 4.79 Å². The molecule has 0 radical (unpaired) electrons. The summed E-state index contributed by atoms with van der Waals surface area (Å²) in [5.41, 5.74) is 0.688. The van der Waals surface area contributed by atoms with Crippen LogP contribution < -0.4 is 5.32 Å². The molecule has 120 valence electrons. The summed E-state index contributed by atoms with van der Waals surface area (Å²) in [7, 11) is 1.70. The van der Waals surface area contributed by atoms with Crippen molar-refractivity contribution in [3.8, 4) is 0 Å². The summed E-state index contributed by atoms with van der Waals surface area (Å²) in [6.07, 6.45) is 1.04. The van der Waals surface area contributed by atoms with Crippen molar-refractivity contribution in [2.45, 2.75) is 45.3 Å². The summed E-state index contributed by atoms with van der Waals surface area (Å²) in [5, 5.41) is 11.9. The van der Waals surface area contributed by atoms with E-state index in [9.17, 15) is 9.59 Å². The van der Waals surface area contributed by atoms with Crippen molar-refractivity contribution in [1.29, 1.82) is 0 Å². The molecule has 1 aliphatic carbocycles. The van der Waals surface area contributed by atoms with Gasteiger partial charge in [-0.3, -0.25) is 4.79 Å². The largest absolute Gasteiger partial charge is 0.478 e. The highest BCUT2D eigenvalue weighted by Crippen LogP contribution is 2.51. The van der Waals surface area contributed by atoms with E-state index in [0.29, 0.717) is 0 Å². The molecular formula is C17H23NO4. The van der Waals surface area contributed by atoms with Gasteiger partial charge in [-0.15, -0.1) is 0 Å². The van der Waals surface area contributed by atoms with Gasteiger partial charge >= 0.3 is 5.97 Å². The minimum Gasteiger partial charge on any atom is -0.478 e. The Bertz CT molecular complexity index is 579. The molecule has 0 bridgehead atoms. The Morgan fingerprint density at radius 3 is 2.32 bits per heavy atom. The van der Waals surface area contributed by atoms with Crippen LogP contribution in [0.1, 0.15) is 43.1 Å². The van der Waals surface area contributed by atoms with Crippen LogP contribution in [0.4, 0.5) is 0 Å². The van der Waals surface area contributed by atoms with Gasteiger partial charge in [0.2, 0.25) is 5.91 Å². The molecule has 0 aromatic heterocycles. The SMILES string of the molecule is COC1(C)CC(NC(=O)Cc2ccc(C(=O)O)cc2)C1(C)C. The van der Waals surface area contributed by atoms with Gasteiger partial charge in [0.15, 0.2) is 0 Å². The highest BCUT2D eigenvalue weighted by molar-refractivity contribution is 5.87. The zero-order chi connectivity index (χ0) is 16.5. The number of benzene rings is 1. The Balaban J connectivity index is 1.93. The van der Waals surface area contributed by atoms with Crippen molar-refractivity contribution in [2.75, 3.05) is 7.11 Å². The smallest absolute Gasteiger partial charge is 0.335 e. The Morgan fingerprint density at radius 1 is 1.27 bits per heavy atom. The van der Waals surface area contributed by atoms with Crippen LogP contribution in [0.3, 0.4) is 0 Å². The van der Waals surface area contributed by atoms with Crippen molar-refractivity contribution >= 4 is 11.9 Å². The average Bonchev–Trinajstić information content (AvgIpc) is 2.47. The van der Waals surface area contributed by atoms with Gasteiger partial charge in [0.25, 0.3) is 0 Å². The molecule has 22 heavy (non-hydrogen) atoms. The van der Waals surface area contributed by atoms with Crippen molar-refractivity contribution in [1.82, 2.24) is 5.32 Å². The molecular weight excluding hydrogens is 282 g/mol. The molecule has 5 heteroatoms. The van der Waals surface area contributed by atoms with Gasteiger partial charge in [-0.05, 0) is 31.0 Å². The standard InChI is InChI=1S/C17H23NO4/c1-16(2)13(10-17(16,3)22-4)18-14(19)9-11-5-7-12(8-6-11)15(20)21/h5-8,13H,9-10H2,1-4H3,(H,18,19)(H,20,21). The van der Waals surface area contributed by atoms with E-state index >= 15 is 0 Å². The number of carboxylic acid groups (broad SMARTS) is 1. The second-order valence-electron chi connectivity index (χ2n) is 6.66. The lowest BCUT2D eigenvalue weighted by molar-refractivity contribution is -0.182. The first kappa shape index (κ1) is 16.5. The van der Waals surface area contributed by atoms with Crippen LogP contribution in [-0.4, -0.2) is 35.7 Å². The summed E-state index contributed by atoms with van der Waals surface area (Å²) >= 11 is 0. The maximum atomic E-state index is 12.2. The van der Waals surface area contributed by atoms with Crippen molar-refractivity contribution in [3.63, 3.8) is 0 Å². The highest BCUT2D eigenvalue weighted by atomic mass is 16.5. The molecule has 0 aliphatic heterocycles. The Kier molecular flexibility index (Phi) is 4.29. The third kappa shape index (κ3) is 2.86. The Morgan fingerprint density at radius 2 is 1.86 bits per heavy atom. The fraction of sp³-hybridized carbons (Fsp3) is 0.529. The zero-order valence-electron chi connectivity index (χ0n) is 13.5. The van der Waals surface area contributed by atoms with Crippen LogP contribution in [0.25, 0.3) is 0 Å². The monoisotopic (exact) mass is 305 g/mol. The van der Waals surface area contributed by atoms with Gasteiger partial charge in [-0.1, -0.05) is 26.0 Å². The van der Waals surface area contributed by atoms with Gasteiger partial charge in [0.05, 0.1) is 17.6 Å². The van der Waals surface area contributed by atoms with E-state index in [1.54, 1.807) is 19.2 Å². The fourth-order valence-electron chi connectivity index (χ4n) is 2.92. The predicted octanol–water partition coefficient (Wildman–Crippen LogP) is 2.25. The molecule has 2 N–H and O–H groups in total. The quantitative estimate of drug-likeness (QED) is 0.875. The first-order valence-electron chi connectivity index (χ1n) is 7.36. The number of hydrogen-bond donors (Lipinski definition) is 2. The molecule has 1 fully saturated rings. The predicted molar refractivity (Wildman–Crippen MR) is 82.8 cm³/mol. The van der Waals surface area contributed by atoms with E-state index in [4.69, 9.17) is 9.84 Å². The summed E-state index contributed by atoms with van der Waals surface area (Å²) in [6, 6.07) is 6.46. The van der Waals surface area contributed by atoms with E-state index in [-0.39, 0.29) is 34.9 Å². The fourth-order valence-corrected chi connectivity index (χ4v) is 2.92. The van der Waals surface area contributed by atoms with Crippen molar-refractivity contribution < 1.29 is 19.4 Å². The van der Waals surface area contributed by atoms with Gasteiger partial charge in [0.1, 0.15) is 0 Å². The number of methoxy groups -OCH3 is 1. The lowest BCUT2D eigenvalue weighted by atomic mass is 9.56. The van der Waals surface area contributed by atoms with Crippen molar-refractivity contribution in [2.24, 2.45) is 5.41 Å². The number of amides is 1. The third-order valence-corrected chi connectivity index (χ3v) is 5.18. The molecule has 5 nitrogen and oxygen atoms in total. The van der Waals surface area contributed by atoms with E-state index < -0.39 is 5.97 Å². The lowest BCUT2D eigenvalue weighted by Crippen LogP contribution is -2.68. The number of carbonyl (C=O) groups is 2. The second kappa shape index (κ2) is 5.72. The first-order chi connectivity index (χ1) is 10.2. The van der Waals surface area contributed by atoms with Gasteiger partial charge in [-0.2, -0.15) is 0 Å². The average molecular weight is 305 g/mol. The molecule has 0 spiro atoms. The maximum Gasteiger partial charge on any atom is 0.335 e. The molecule has 1 aliphatic rings. The molecule has 0 heterocycles. The zero-order valence-corrected chi connectivity index (χ0v) is 13.5. The van der Waals surface area contributed by atoms with Gasteiger partial charge < -0.3 is 15.2 Å². The summed E-state index contributed by atoms with van der Waals surface area (Å²) < 4.78 is 5.55. The molecule has 1 aromatic carbocycles. The maximum absolute atomic E-state index is 12.2. The summed E-state index contributed by atoms with van der Waals surface area (Å²) in [4.78, 5) is 22.9. The number of aromatic carboxylic acids is 1. The van der Waals surface area contributed by atoms with Gasteiger partial charge in [0, 0.05) is 18.6 Å². The molecule has 1 saturated carbocycles. The first-order valence-corrected chi connectivity index (χ1v) is 7.36. The normalized spacial score (nSPS) is 26.1. The van der Waals surface area contributed by atoms with Crippen LogP contribution in [-0.2, 0) is 16.0 Å². The lowest BCUT2D eigenvalue weighted by Gasteiger charge is -2.59. The minimum absolute atomic E-state index is 0.0562. The van der Waals surface area contributed by atoms with Crippen molar-refractivity contribution in [3.05, 3.63) is 35.4 Å². The number of carboxylic acids is 1. The number of rotatable bonds is 5. The minimum atomic E-state index is -0.967. The van der Waals surface area contributed by atoms with Crippen LogP contribution in [0.2, 0.25) is 0 Å². The summed E-state index contributed by atoms with van der Waals surface area (Å²) in [6.45, 7) is 6.24. The van der Waals surface area contributed by atoms with Crippen LogP contribution in [0.15, 0.2) is 24.3 Å². The molecule has 1 aromatic rings. The van der Waals surface area contributed by atoms with E-state index in [1.165, 1.54) is 12.1 Å². The topological polar surface area (TPSA) is 75.6 Å². The Hall–Kier alpha value is -1.88. The molecule has 0 saturated heterocycles. The van der Waals surface area contributed by atoms with E-state index in [0.717, 1.165) is 12.0 Å². The third-order valence-electron chi connectivity index (χ3n) is 5.18. The van der Waals surface area contributed by atoms with Crippen LogP contribution >= 0.6 is 0 Å². The van der Waals surface area contributed by atoms with E-state index in [1.807, 2.05) is 0 Å². The molecule has 2 unspecified atom stereocenters. The van der Waals surface area contributed by atoms with Crippen LogP contribution in [0.5, 0.6) is 0 Å².